The fraction of sp³-hybridized carbons (Fsp3) is 0.417. The van der Waals surface area contributed by atoms with Crippen LogP contribution in [-0.4, -0.2) is 43.5 Å². The van der Waals surface area contributed by atoms with Gasteiger partial charge in [0.05, 0.1) is 17.3 Å². The van der Waals surface area contributed by atoms with Crippen LogP contribution in [0, 0.1) is 5.41 Å². The molecule has 0 spiro atoms. The predicted octanol–water partition coefficient (Wildman–Crippen LogP) is 1.40. The molecule has 0 bridgehead atoms. The molecule has 1 aromatic rings. The SMILES string of the molecule is N=C(N)CN1CCN(c2ccccc2Cl)CC1. The van der Waals surface area contributed by atoms with Crippen LogP contribution in [0.3, 0.4) is 0 Å². The van der Waals surface area contributed by atoms with Gasteiger partial charge in [-0.15, -0.1) is 0 Å². The van der Waals surface area contributed by atoms with Gasteiger partial charge in [0.1, 0.15) is 5.84 Å². The van der Waals surface area contributed by atoms with Crippen molar-refractivity contribution in [1.82, 2.24) is 4.90 Å². The molecule has 0 saturated carbocycles. The number of rotatable bonds is 3. The van der Waals surface area contributed by atoms with Crippen LogP contribution in [0.25, 0.3) is 0 Å². The van der Waals surface area contributed by atoms with Crippen LogP contribution in [0.2, 0.25) is 5.02 Å². The molecule has 0 aromatic heterocycles. The summed E-state index contributed by atoms with van der Waals surface area (Å²) in [6.07, 6.45) is 0. The maximum absolute atomic E-state index is 7.28. The largest absolute Gasteiger partial charge is 0.387 e. The van der Waals surface area contributed by atoms with Crippen molar-refractivity contribution in [2.45, 2.75) is 0 Å². The van der Waals surface area contributed by atoms with Crippen molar-refractivity contribution in [2.75, 3.05) is 37.6 Å². The van der Waals surface area contributed by atoms with Gasteiger partial charge >= 0.3 is 0 Å². The van der Waals surface area contributed by atoms with E-state index in [1.807, 2.05) is 24.3 Å². The standard InChI is InChI=1S/C12H17ClN4/c13-10-3-1-2-4-11(10)17-7-5-16(6-8-17)9-12(14)15/h1-4H,5-9H2,(H3,14,15). The lowest BCUT2D eigenvalue weighted by molar-refractivity contribution is 0.291. The molecule has 5 heteroatoms. The summed E-state index contributed by atoms with van der Waals surface area (Å²) in [4.78, 5) is 4.47. The van der Waals surface area contributed by atoms with Crippen LogP contribution in [0.1, 0.15) is 0 Å². The van der Waals surface area contributed by atoms with E-state index in [0.29, 0.717) is 6.54 Å². The Kier molecular flexibility index (Phi) is 3.86. The fourth-order valence-corrected chi connectivity index (χ4v) is 2.35. The Morgan fingerprint density at radius 3 is 2.47 bits per heavy atom. The highest BCUT2D eigenvalue weighted by Crippen LogP contribution is 2.25. The second kappa shape index (κ2) is 5.38. The number of hydrogen-bond donors (Lipinski definition) is 2. The number of halogens is 1. The van der Waals surface area contributed by atoms with Crippen LogP contribution >= 0.6 is 11.6 Å². The van der Waals surface area contributed by atoms with E-state index in [1.165, 1.54) is 0 Å². The van der Waals surface area contributed by atoms with E-state index >= 15 is 0 Å². The zero-order valence-corrected chi connectivity index (χ0v) is 10.5. The van der Waals surface area contributed by atoms with Gasteiger partial charge in [0, 0.05) is 26.2 Å². The summed E-state index contributed by atoms with van der Waals surface area (Å²) in [6, 6.07) is 7.91. The molecule has 4 nitrogen and oxygen atoms in total. The average Bonchev–Trinajstić information content (AvgIpc) is 2.30. The molecular formula is C12H17ClN4. The van der Waals surface area contributed by atoms with Gasteiger partial charge in [-0.1, -0.05) is 23.7 Å². The maximum Gasteiger partial charge on any atom is 0.105 e. The van der Waals surface area contributed by atoms with Gasteiger partial charge in [-0.3, -0.25) is 10.3 Å². The lowest BCUT2D eigenvalue weighted by Gasteiger charge is -2.36. The topological polar surface area (TPSA) is 56.4 Å². The molecule has 0 radical (unpaired) electrons. The first-order valence-electron chi connectivity index (χ1n) is 5.71. The third-order valence-corrected chi connectivity index (χ3v) is 3.28. The normalized spacial score (nSPS) is 17.1. The van der Waals surface area contributed by atoms with Crippen LogP contribution in [0.15, 0.2) is 24.3 Å². The molecule has 0 aliphatic carbocycles. The van der Waals surface area contributed by atoms with E-state index in [1.54, 1.807) is 0 Å². The molecule has 0 atom stereocenters. The molecule has 92 valence electrons. The van der Waals surface area contributed by atoms with Crippen molar-refractivity contribution < 1.29 is 0 Å². The highest BCUT2D eigenvalue weighted by molar-refractivity contribution is 6.33. The first-order chi connectivity index (χ1) is 8.16. The number of hydrogen-bond acceptors (Lipinski definition) is 3. The monoisotopic (exact) mass is 252 g/mol. The molecule has 1 saturated heterocycles. The summed E-state index contributed by atoms with van der Waals surface area (Å²) < 4.78 is 0. The molecular weight excluding hydrogens is 236 g/mol. The lowest BCUT2D eigenvalue weighted by atomic mass is 10.2. The fourth-order valence-electron chi connectivity index (χ4n) is 2.10. The second-order valence-corrected chi connectivity index (χ2v) is 4.65. The van der Waals surface area contributed by atoms with Gasteiger partial charge in [0.25, 0.3) is 0 Å². The summed E-state index contributed by atoms with van der Waals surface area (Å²) in [5, 5.41) is 8.08. The van der Waals surface area contributed by atoms with Crippen LogP contribution < -0.4 is 10.6 Å². The van der Waals surface area contributed by atoms with Gasteiger partial charge in [-0.25, -0.2) is 0 Å². The van der Waals surface area contributed by atoms with Crippen molar-refractivity contribution in [1.29, 1.82) is 5.41 Å². The molecule has 1 heterocycles. The summed E-state index contributed by atoms with van der Waals surface area (Å²) in [6.45, 7) is 4.26. The van der Waals surface area contributed by atoms with Gasteiger partial charge in [0.2, 0.25) is 0 Å². The molecule has 1 aromatic carbocycles. The zero-order chi connectivity index (χ0) is 12.3. The van der Waals surface area contributed by atoms with E-state index in [9.17, 15) is 0 Å². The molecule has 3 N–H and O–H groups in total. The molecule has 1 fully saturated rings. The summed E-state index contributed by atoms with van der Waals surface area (Å²) in [5.41, 5.74) is 6.49. The molecule has 1 aliphatic rings. The second-order valence-electron chi connectivity index (χ2n) is 4.24. The van der Waals surface area contributed by atoms with E-state index in [2.05, 4.69) is 9.80 Å². The Morgan fingerprint density at radius 1 is 1.24 bits per heavy atom. The number of amidine groups is 1. The molecule has 17 heavy (non-hydrogen) atoms. The predicted molar refractivity (Wildman–Crippen MR) is 72.0 cm³/mol. The number of nitrogens with one attached hydrogen (secondary N) is 1. The van der Waals surface area contributed by atoms with Crippen molar-refractivity contribution in [3.05, 3.63) is 29.3 Å². The average molecular weight is 253 g/mol. The highest BCUT2D eigenvalue weighted by Gasteiger charge is 2.18. The van der Waals surface area contributed by atoms with Crippen molar-refractivity contribution in [3.63, 3.8) is 0 Å². The Balaban J connectivity index is 1.95. The van der Waals surface area contributed by atoms with Crippen molar-refractivity contribution in [2.24, 2.45) is 5.73 Å². The van der Waals surface area contributed by atoms with Crippen LogP contribution in [0.4, 0.5) is 5.69 Å². The third kappa shape index (κ3) is 3.11. The Morgan fingerprint density at radius 2 is 1.88 bits per heavy atom. The molecule has 0 amide bonds. The van der Waals surface area contributed by atoms with E-state index < -0.39 is 0 Å². The minimum absolute atomic E-state index is 0.233. The Hall–Kier alpha value is -1.26. The Bertz CT molecular complexity index is 399. The highest BCUT2D eigenvalue weighted by atomic mass is 35.5. The van der Waals surface area contributed by atoms with E-state index in [0.717, 1.165) is 36.9 Å². The molecule has 1 aliphatic heterocycles. The number of para-hydroxylation sites is 1. The lowest BCUT2D eigenvalue weighted by Crippen LogP contribution is -2.48. The minimum Gasteiger partial charge on any atom is -0.387 e. The molecule has 0 unspecified atom stereocenters. The van der Waals surface area contributed by atoms with Crippen molar-refractivity contribution in [3.8, 4) is 0 Å². The summed E-state index contributed by atoms with van der Waals surface area (Å²) >= 11 is 6.17. The van der Waals surface area contributed by atoms with Gasteiger partial charge in [-0.2, -0.15) is 0 Å². The summed E-state index contributed by atoms with van der Waals surface area (Å²) in [5.74, 6) is 0.233. The van der Waals surface area contributed by atoms with E-state index in [-0.39, 0.29) is 5.84 Å². The maximum atomic E-state index is 7.28. The van der Waals surface area contributed by atoms with Gasteiger partial charge < -0.3 is 10.6 Å². The first kappa shape index (κ1) is 12.2. The molecule has 2 rings (SSSR count). The number of anilines is 1. The van der Waals surface area contributed by atoms with Crippen LogP contribution in [-0.2, 0) is 0 Å². The van der Waals surface area contributed by atoms with Crippen LogP contribution in [0.5, 0.6) is 0 Å². The Labute approximate surface area is 106 Å². The quantitative estimate of drug-likeness (QED) is 0.632. The van der Waals surface area contributed by atoms with Gasteiger partial charge in [0.15, 0.2) is 0 Å². The van der Waals surface area contributed by atoms with Gasteiger partial charge in [-0.05, 0) is 12.1 Å². The number of nitrogens with zero attached hydrogens (tertiary/aromatic N) is 2. The summed E-state index contributed by atoms with van der Waals surface area (Å²) in [7, 11) is 0. The number of piperazine rings is 1. The van der Waals surface area contributed by atoms with E-state index in [4.69, 9.17) is 22.7 Å². The minimum atomic E-state index is 0.233. The smallest absolute Gasteiger partial charge is 0.105 e. The van der Waals surface area contributed by atoms with Crippen molar-refractivity contribution >= 4 is 23.1 Å². The first-order valence-corrected chi connectivity index (χ1v) is 6.09. The zero-order valence-electron chi connectivity index (χ0n) is 9.69. The number of benzene rings is 1. The third-order valence-electron chi connectivity index (χ3n) is 2.96. The number of nitrogens with two attached hydrogens (primary N) is 1.